The van der Waals surface area contributed by atoms with Crippen LogP contribution in [0.2, 0.25) is 0 Å². The fraction of sp³-hybridized carbons (Fsp3) is 0.680. The molecule has 1 aliphatic rings. The molecule has 0 spiro atoms. The third-order valence-electron chi connectivity index (χ3n) is 6.17. The Hall–Kier alpha value is -1.82. The monoisotopic (exact) mass is 383 g/mol. The van der Waals surface area contributed by atoms with Crippen molar-refractivity contribution in [2.45, 2.75) is 103 Å². The quantitative estimate of drug-likeness (QED) is 0.305. The van der Waals surface area contributed by atoms with E-state index in [0.717, 1.165) is 44.9 Å². The minimum Gasteiger partial charge on any atom is -0.459 e. The van der Waals surface area contributed by atoms with E-state index in [0.29, 0.717) is 5.56 Å². The molecule has 0 radical (unpaired) electrons. The summed E-state index contributed by atoms with van der Waals surface area (Å²) in [6.45, 7) is 4.41. The van der Waals surface area contributed by atoms with Crippen molar-refractivity contribution in [2.24, 2.45) is 5.41 Å². The van der Waals surface area contributed by atoms with Crippen LogP contribution in [0.4, 0.5) is 0 Å². The highest BCUT2D eigenvalue weighted by Crippen LogP contribution is 2.41. The van der Waals surface area contributed by atoms with Crippen LogP contribution in [0, 0.1) is 16.7 Å². The van der Waals surface area contributed by atoms with Crippen molar-refractivity contribution < 1.29 is 9.53 Å². The number of rotatable bonds is 11. The largest absolute Gasteiger partial charge is 0.459 e. The number of aryl methyl sites for hydroxylation is 1. The van der Waals surface area contributed by atoms with E-state index in [9.17, 15) is 10.1 Å². The van der Waals surface area contributed by atoms with Gasteiger partial charge in [-0.15, -0.1) is 0 Å². The molecular weight excluding hydrogens is 346 g/mol. The SMILES string of the molecule is CCCCCCC[C@]1(C#N)CC[C@@H](OC(=O)c2ccc(CCCC)cc2)CC1. The predicted molar refractivity (Wildman–Crippen MR) is 114 cm³/mol. The van der Waals surface area contributed by atoms with Crippen LogP contribution in [0.15, 0.2) is 24.3 Å². The highest BCUT2D eigenvalue weighted by atomic mass is 16.5. The van der Waals surface area contributed by atoms with Crippen LogP contribution in [0.5, 0.6) is 0 Å². The number of esters is 1. The molecule has 1 saturated carbocycles. The van der Waals surface area contributed by atoms with Gasteiger partial charge in [0, 0.05) is 0 Å². The molecule has 28 heavy (non-hydrogen) atoms. The molecule has 0 heterocycles. The van der Waals surface area contributed by atoms with E-state index >= 15 is 0 Å². The van der Waals surface area contributed by atoms with E-state index in [-0.39, 0.29) is 17.5 Å². The van der Waals surface area contributed by atoms with Gasteiger partial charge in [0.2, 0.25) is 0 Å². The summed E-state index contributed by atoms with van der Waals surface area (Å²) in [4.78, 5) is 12.5. The fourth-order valence-electron chi connectivity index (χ4n) is 4.15. The number of nitriles is 1. The zero-order valence-electron chi connectivity index (χ0n) is 17.8. The van der Waals surface area contributed by atoms with Crippen molar-refractivity contribution in [3.63, 3.8) is 0 Å². The van der Waals surface area contributed by atoms with E-state index in [2.05, 4.69) is 19.9 Å². The maximum Gasteiger partial charge on any atom is 0.338 e. The van der Waals surface area contributed by atoms with E-state index in [1.807, 2.05) is 24.3 Å². The number of carbonyl (C=O) groups is 1. The Morgan fingerprint density at radius 3 is 2.29 bits per heavy atom. The van der Waals surface area contributed by atoms with Gasteiger partial charge in [-0.3, -0.25) is 0 Å². The Labute approximate surface area is 171 Å². The molecule has 1 aromatic rings. The number of unbranched alkanes of at least 4 members (excludes halogenated alkanes) is 5. The highest BCUT2D eigenvalue weighted by Gasteiger charge is 2.36. The van der Waals surface area contributed by atoms with Gasteiger partial charge in [-0.25, -0.2) is 4.79 Å². The van der Waals surface area contributed by atoms with Crippen LogP contribution in [0.25, 0.3) is 0 Å². The molecule has 0 saturated heterocycles. The molecule has 1 aromatic carbocycles. The number of ether oxygens (including phenoxy) is 1. The molecule has 3 heteroatoms. The lowest BCUT2D eigenvalue weighted by Crippen LogP contribution is -2.31. The van der Waals surface area contributed by atoms with Crippen LogP contribution in [-0.4, -0.2) is 12.1 Å². The third-order valence-corrected chi connectivity index (χ3v) is 6.17. The average Bonchev–Trinajstić information content (AvgIpc) is 2.74. The van der Waals surface area contributed by atoms with Gasteiger partial charge >= 0.3 is 5.97 Å². The Balaban J connectivity index is 1.77. The minimum atomic E-state index is -0.226. The number of nitrogens with zero attached hydrogens (tertiary/aromatic N) is 1. The third kappa shape index (κ3) is 6.97. The van der Waals surface area contributed by atoms with Crippen molar-refractivity contribution in [2.75, 3.05) is 0 Å². The van der Waals surface area contributed by atoms with Gasteiger partial charge < -0.3 is 4.74 Å². The Morgan fingerprint density at radius 2 is 1.68 bits per heavy atom. The first-order chi connectivity index (χ1) is 13.6. The molecule has 0 aromatic heterocycles. The summed E-state index contributed by atoms with van der Waals surface area (Å²) in [6.07, 6.45) is 13.9. The summed E-state index contributed by atoms with van der Waals surface area (Å²) in [6, 6.07) is 10.4. The van der Waals surface area contributed by atoms with Gasteiger partial charge in [0.15, 0.2) is 0 Å². The first-order valence-corrected chi connectivity index (χ1v) is 11.3. The second-order valence-corrected chi connectivity index (χ2v) is 8.46. The van der Waals surface area contributed by atoms with E-state index in [1.165, 1.54) is 44.1 Å². The first-order valence-electron chi connectivity index (χ1n) is 11.3. The van der Waals surface area contributed by atoms with Gasteiger partial charge in [0.25, 0.3) is 0 Å². The van der Waals surface area contributed by atoms with Crippen LogP contribution >= 0.6 is 0 Å². The lowest BCUT2D eigenvalue weighted by atomic mass is 9.71. The normalized spacial score (nSPS) is 21.8. The molecule has 154 valence electrons. The molecule has 0 N–H and O–H groups in total. The second-order valence-electron chi connectivity index (χ2n) is 8.46. The van der Waals surface area contributed by atoms with Gasteiger partial charge in [-0.2, -0.15) is 5.26 Å². The zero-order valence-corrected chi connectivity index (χ0v) is 17.8. The molecule has 0 amide bonds. The average molecular weight is 384 g/mol. The molecule has 3 nitrogen and oxygen atoms in total. The van der Waals surface area contributed by atoms with Crippen LogP contribution in [0.3, 0.4) is 0 Å². The number of carbonyl (C=O) groups excluding carboxylic acids is 1. The number of hydrogen-bond donors (Lipinski definition) is 0. The second kappa shape index (κ2) is 11.9. The van der Waals surface area contributed by atoms with E-state index < -0.39 is 0 Å². The lowest BCUT2D eigenvalue weighted by molar-refractivity contribution is 0.0105. The van der Waals surface area contributed by atoms with Crippen molar-refractivity contribution in [3.05, 3.63) is 35.4 Å². The zero-order chi connectivity index (χ0) is 20.2. The molecule has 0 unspecified atom stereocenters. The van der Waals surface area contributed by atoms with Crippen molar-refractivity contribution >= 4 is 5.97 Å². The Morgan fingerprint density at radius 1 is 1.04 bits per heavy atom. The van der Waals surface area contributed by atoms with E-state index in [1.54, 1.807) is 0 Å². The summed E-state index contributed by atoms with van der Waals surface area (Å²) < 4.78 is 5.75. The molecule has 1 fully saturated rings. The first kappa shape index (κ1) is 22.5. The standard InChI is InChI=1S/C25H37NO2/c1-3-5-7-8-9-17-25(20-26)18-15-23(16-19-25)28-24(27)22-13-11-21(12-14-22)10-6-4-2/h11-14,23H,3-10,15-19H2,1-2H3/t23-,25+. The molecule has 1 aliphatic carbocycles. The van der Waals surface area contributed by atoms with E-state index in [4.69, 9.17) is 4.74 Å². The highest BCUT2D eigenvalue weighted by molar-refractivity contribution is 5.89. The van der Waals surface area contributed by atoms with Crippen molar-refractivity contribution in [3.8, 4) is 6.07 Å². The maximum atomic E-state index is 12.5. The molecule has 2 rings (SSSR count). The Bertz CT molecular complexity index is 621. The van der Waals surface area contributed by atoms with Crippen LogP contribution in [0.1, 0.15) is 107 Å². The van der Waals surface area contributed by atoms with Crippen molar-refractivity contribution in [1.82, 2.24) is 0 Å². The van der Waals surface area contributed by atoms with Gasteiger partial charge in [0.1, 0.15) is 6.10 Å². The fourth-order valence-corrected chi connectivity index (χ4v) is 4.15. The molecule has 0 bridgehead atoms. The van der Waals surface area contributed by atoms with Gasteiger partial charge in [0.05, 0.1) is 17.0 Å². The predicted octanol–water partition coefficient (Wildman–Crippen LogP) is 7.00. The summed E-state index contributed by atoms with van der Waals surface area (Å²) in [5.74, 6) is -0.226. The van der Waals surface area contributed by atoms with Crippen LogP contribution in [-0.2, 0) is 11.2 Å². The summed E-state index contributed by atoms with van der Waals surface area (Å²) >= 11 is 0. The Kier molecular flexibility index (Phi) is 9.55. The molecular formula is C25H37NO2. The topological polar surface area (TPSA) is 50.1 Å². The lowest BCUT2D eigenvalue weighted by Gasteiger charge is -2.34. The smallest absolute Gasteiger partial charge is 0.338 e. The molecule has 0 aliphatic heterocycles. The summed E-state index contributed by atoms with van der Waals surface area (Å²) in [5.41, 5.74) is 1.71. The maximum absolute atomic E-state index is 12.5. The summed E-state index contributed by atoms with van der Waals surface area (Å²) in [5, 5.41) is 9.72. The van der Waals surface area contributed by atoms with Crippen LogP contribution < -0.4 is 0 Å². The minimum absolute atomic E-state index is 0.0474. The molecule has 0 atom stereocenters. The summed E-state index contributed by atoms with van der Waals surface area (Å²) in [7, 11) is 0. The number of benzene rings is 1. The number of hydrogen-bond acceptors (Lipinski definition) is 3. The van der Waals surface area contributed by atoms with Crippen molar-refractivity contribution in [1.29, 1.82) is 5.26 Å². The van der Waals surface area contributed by atoms with Gasteiger partial charge in [-0.1, -0.05) is 64.5 Å². The van der Waals surface area contributed by atoms with Gasteiger partial charge in [-0.05, 0) is 62.6 Å².